The zero-order valence-electron chi connectivity index (χ0n) is 20.2. The number of nitrogens with two attached hydrogens (primary N) is 1. The molecule has 184 valence electrons. The minimum Gasteiger partial charge on any atom is -0.487 e. The number of benzene rings is 2. The van der Waals surface area contributed by atoms with Gasteiger partial charge in [0.25, 0.3) is 0 Å². The van der Waals surface area contributed by atoms with Crippen LogP contribution in [0.1, 0.15) is 47.2 Å². The molecule has 1 fully saturated rings. The number of pyridine rings is 1. The first-order chi connectivity index (χ1) is 17.6. The highest BCUT2D eigenvalue weighted by Crippen LogP contribution is 2.37. The Balaban J connectivity index is 1.33. The number of aliphatic hydroxyl groups is 1. The number of likely N-dealkylation sites (tertiary alicyclic amines) is 1. The molecule has 5 rings (SSSR count). The molecule has 3 heterocycles. The van der Waals surface area contributed by atoms with E-state index in [-0.39, 0.29) is 12.1 Å². The largest absolute Gasteiger partial charge is 0.487 e. The van der Waals surface area contributed by atoms with E-state index in [0.717, 1.165) is 83.2 Å². The van der Waals surface area contributed by atoms with Gasteiger partial charge in [0.1, 0.15) is 19.0 Å². The van der Waals surface area contributed by atoms with Crippen molar-refractivity contribution in [2.24, 2.45) is 5.73 Å². The van der Waals surface area contributed by atoms with Gasteiger partial charge in [0.2, 0.25) is 0 Å². The number of aromatic nitrogens is 1. The van der Waals surface area contributed by atoms with Gasteiger partial charge in [0, 0.05) is 53.1 Å². The summed E-state index contributed by atoms with van der Waals surface area (Å²) in [5, 5.41) is 9.84. The molecule has 5 nitrogen and oxygen atoms in total. The van der Waals surface area contributed by atoms with Crippen LogP contribution in [0.15, 0.2) is 66.9 Å². The smallest absolute Gasteiger partial charge is 0.131 e. The summed E-state index contributed by atoms with van der Waals surface area (Å²) in [6, 6.07) is 18.0. The molecule has 0 unspecified atom stereocenters. The lowest BCUT2D eigenvalue weighted by molar-refractivity contribution is 0.164. The first kappa shape index (κ1) is 24.5. The standard InChI is InChI=1S/C30H30ClN3O2/c31-24-10-8-23(9-11-24)30(32)13-17-34(18-14-30)16-2-6-25-26-5-1-15-33-28(26)21-36-29-12-7-22(4-3-19-35)20-27(25)29/h1,5-12,15,20,35H,2,13-14,16-19,21,32H2/b25-6+. The van der Waals surface area contributed by atoms with Crippen molar-refractivity contribution < 1.29 is 9.84 Å². The number of piperidine rings is 1. The van der Waals surface area contributed by atoms with Crippen LogP contribution in [0.5, 0.6) is 5.75 Å². The maximum Gasteiger partial charge on any atom is 0.131 e. The van der Waals surface area contributed by atoms with Gasteiger partial charge in [-0.3, -0.25) is 4.98 Å². The van der Waals surface area contributed by atoms with Gasteiger partial charge in [0.15, 0.2) is 0 Å². The van der Waals surface area contributed by atoms with Crippen molar-refractivity contribution in [1.82, 2.24) is 9.88 Å². The number of nitrogens with zero attached hydrogens (tertiary/aromatic N) is 2. The fourth-order valence-corrected chi connectivity index (χ4v) is 5.16. The first-order valence-electron chi connectivity index (χ1n) is 12.3. The monoisotopic (exact) mass is 499 g/mol. The number of fused-ring (bicyclic) bond motifs is 2. The van der Waals surface area contributed by atoms with Crippen molar-refractivity contribution >= 4 is 17.2 Å². The van der Waals surface area contributed by atoms with Crippen LogP contribution in [-0.2, 0) is 12.1 Å². The number of hydrogen-bond acceptors (Lipinski definition) is 5. The third kappa shape index (κ3) is 5.33. The highest BCUT2D eigenvalue weighted by molar-refractivity contribution is 6.30. The van der Waals surface area contributed by atoms with Gasteiger partial charge in [-0.2, -0.15) is 0 Å². The van der Waals surface area contributed by atoms with Gasteiger partial charge in [-0.15, -0.1) is 0 Å². The summed E-state index contributed by atoms with van der Waals surface area (Å²) in [4.78, 5) is 7.06. The third-order valence-electron chi connectivity index (χ3n) is 7.09. The summed E-state index contributed by atoms with van der Waals surface area (Å²) in [6.45, 7) is 3.14. The Hall–Kier alpha value is -3.14. The Morgan fingerprint density at radius 1 is 1.11 bits per heavy atom. The van der Waals surface area contributed by atoms with Crippen molar-refractivity contribution in [3.8, 4) is 17.6 Å². The summed E-state index contributed by atoms with van der Waals surface area (Å²) in [5.41, 5.74) is 12.6. The SMILES string of the molecule is NC1(c2ccc(Cl)cc2)CCN(CC/C=C2/c3cc(C#CCO)ccc3OCc3ncccc32)CC1. The Labute approximate surface area is 217 Å². The van der Waals surface area contributed by atoms with E-state index >= 15 is 0 Å². The molecule has 36 heavy (non-hydrogen) atoms. The van der Waals surface area contributed by atoms with Gasteiger partial charge in [-0.05, 0) is 66.8 Å². The number of halogens is 1. The van der Waals surface area contributed by atoms with Crippen LogP contribution >= 0.6 is 11.6 Å². The topological polar surface area (TPSA) is 71.6 Å². The van der Waals surface area contributed by atoms with E-state index in [2.05, 4.69) is 46.0 Å². The maximum atomic E-state index is 9.11. The Bertz CT molecular complexity index is 1320. The number of ether oxygens (including phenoxy) is 1. The molecule has 6 heteroatoms. The van der Waals surface area contributed by atoms with E-state index < -0.39 is 0 Å². The maximum absolute atomic E-state index is 9.11. The second kappa shape index (κ2) is 10.9. The van der Waals surface area contributed by atoms with E-state index in [4.69, 9.17) is 27.2 Å². The summed E-state index contributed by atoms with van der Waals surface area (Å²) in [6.07, 6.45) is 6.83. The zero-order valence-corrected chi connectivity index (χ0v) is 21.0. The van der Waals surface area contributed by atoms with Crippen molar-refractivity contribution in [3.63, 3.8) is 0 Å². The molecule has 0 bridgehead atoms. The van der Waals surface area contributed by atoms with Gasteiger partial charge in [-0.1, -0.05) is 47.7 Å². The molecule has 0 spiro atoms. The molecule has 0 radical (unpaired) electrons. The fourth-order valence-electron chi connectivity index (χ4n) is 5.03. The van der Waals surface area contributed by atoms with Crippen LogP contribution in [0.25, 0.3) is 5.57 Å². The lowest BCUT2D eigenvalue weighted by Gasteiger charge is -2.39. The molecule has 2 aliphatic rings. The van der Waals surface area contributed by atoms with Crippen LogP contribution in [0.4, 0.5) is 0 Å². The Morgan fingerprint density at radius 3 is 2.69 bits per heavy atom. The van der Waals surface area contributed by atoms with Crippen LogP contribution < -0.4 is 10.5 Å². The summed E-state index contributed by atoms with van der Waals surface area (Å²) in [7, 11) is 0. The van der Waals surface area contributed by atoms with E-state index in [1.54, 1.807) is 6.20 Å². The van der Waals surface area contributed by atoms with Crippen LogP contribution in [0.2, 0.25) is 5.02 Å². The van der Waals surface area contributed by atoms with E-state index in [0.29, 0.717) is 6.61 Å². The minimum absolute atomic E-state index is 0.166. The molecule has 1 saturated heterocycles. The fraction of sp³-hybridized carbons (Fsp3) is 0.300. The summed E-state index contributed by atoms with van der Waals surface area (Å²) in [5.74, 6) is 6.58. The zero-order chi connectivity index (χ0) is 25.0. The number of hydrogen-bond donors (Lipinski definition) is 2. The molecule has 0 aliphatic carbocycles. The lowest BCUT2D eigenvalue weighted by atomic mass is 9.82. The molecule has 0 saturated carbocycles. The van der Waals surface area contributed by atoms with Crippen molar-refractivity contribution in [2.75, 3.05) is 26.2 Å². The molecular weight excluding hydrogens is 470 g/mol. The quantitative estimate of drug-likeness (QED) is 0.507. The molecule has 3 N–H and O–H groups in total. The van der Waals surface area contributed by atoms with Crippen LogP contribution in [0, 0.1) is 11.8 Å². The molecule has 3 aromatic rings. The third-order valence-corrected chi connectivity index (χ3v) is 7.34. The highest BCUT2D eigenvalue weighted by atomic mass is 35.5. The molecule has 2 aromatic carbocycles. The van der Waals surface area contributed by atoms with Crippen molar-refractivity contribution in [2.45, 2.75) is 31.4 Å². The molecular formula is C30H30ClN3O2. The van der Waals surface area contributed by atoms with Crippen molar-refractivity contribution in [1.29, 1.82) is 0 Å². The molecule has 1 aromatic heterocycles. The molecule has 0 atom stereocenters. The summed E-state index contributed by atoms with van der Waals surface area (Å²) >= 11 is 6.06. The van der Waals surface area contributed by atoms with Gasteiger partial charge < -0.3 is 20.5 Å². The molecule has 0 amide bonds. The normalized spacial score (nSPS) is 17.8. The van der Waals surface area contributed by atoms with E-state index in [1.807, 2.05) is 36.4 Å². The average Bonchev–Trinajstić information content (AvgIpc) is 3.06. The number of aliphatic hydroxyl groups excluding tert-OH is 1. The second-order valence-corrected chi connectivity index (χ2v) is 9.80. The second-order valence-electron chi connectivity index (χ2n) is 9.37. The van der Waals surface area contributed by atoms with Crippen molar-refractivity contribution in [3.05, 3.63) is 99.8 Å². The van der Waals surface area contributed by atoms with Gasteiger partial charge in [-0.25, -0.2) is 0 Å². The predicted molar refractivity (Wildman–Crippen MR) is 144 cm³/mol. The van der Waals surface area contributed by atoms with Gasteiger partial charge in [0.05, 0.1) is 5.69 Å². The Kier molecular flexibility index (Phi) is 7.41. The first-order valence-corrected chi connectivity index (χ1v) is 12.7. The lowest BCUT2D eigenvalue weighted by Crippen LogP contribution is -2.48. The highest BCUT2D eigenvalue weighted by Gasteiger charge is 2.32. The summed E-state index contributed by atoms with van der Waals surface area (Å²) < 4.78 is 6.10. The van der Waals surface area contributed by atoms with Gasteiger partial charge >= 0.3 is 0 Å². The minimum atomic E-state index is -0.298. The van der Waals surface area contributed by atoms with E-state index in [9.17, 15) is 0 Å². The Morgan fingerprint density at radius 2 is 1.92 bits per heavy atom. The van der Waals surface area contributed by atoms with Crippen LogP contribution in [0.3, 0.4) is 0 Å². The number of rotatable bonds is 4. The van der Waals surface area contributed by atoms with E-state index in [1.165, 1.54) is 0 Å². The average molecular weight is 500 g/mol. The molecule has 2 aliphatic heterocycles. The predicted octanol–water partition coefficient (Wildman–Crippen LogP) is 4.74. The van der Waals surface area contributed by atoms with Crippen LogP contribution in [-0.4, -0.2) is 41.2 Å².